The van der Waals surface area contributed by atoms with Gasteiger partial charge in [-0.25, -0.2) is 0 Å². The molecule has 0 atom stereocenters. The summed E-state index contributed by atoms with van der Waals surface area (Å²) in [5.74, 6) is 0.0710. The SMILES string of the molecule is COc1cc(/C=N/NC(=S)Nc2cccc(C(F)(F)F)c2)ccc1OCC(N)=O. The number of rotatable bonds is 7. The first-order valence-electron chi connectivity index (χ1n) is 8.05. The zero-order chi connectivity index (χ0) is 21.4. The van der Waals surface area contributed by atoms with E-state index in [4.69, 9.17) is 27.4 Å². The molecule has 154 valence electrons. The molecule has 2 rings (SSSR count). The predicted molar refractivity (Wildman–Crippen MR) is 106 cm³/mol. The van der Waals surface area contributed by atoms with Gasteiger partial charge in [0.15, 0.2) is 23.2 Å². The van der Waals surface area contributed by atoms with Crippen molar-refractivity contribution in [2.45, 2.75) is 6.18 Å². The number of methoxy groups -OCH3 is 1. The Hall–Kier alpha value is -3.34. The second kappa shape index (κ2) is 9.73. The maximum absolute atomic E-state index is 12.7. The van der Waals surface area contributed by atoms with Gasteiger partial charge in [-0.3, -0.25) is 10.2 Å². The fraction of sp³-hybridized carbons (Fsp3) is 0.167. The normalized spacial score (nSPS) is 11.2. The van der Waals surface area contributed by atoms with Crippen molar-refractivity contribution in [2.24, 2.45) is 10.8 Å². The molecule has 0 radical (unpaired) electrons. The van der Waals surface area contributed by atoms with Crippen molar-refractivity contribution in [1.29, 1.82) is 0 Å². The average molecular weight is 426 g/mol. The zero-order valence-electron chi connectivity index (χ0n) is 15.1. The number of amides is 1. The van der Waals surface area contributed by atoms with Gasteiger partial charge in [-0.15, -0.1) is 0 Å². The van der Waals surface area contributed by atoms with Crippen LogP contribution in [0.3, 0.4) is 0 Å². The van der Waals surface area contributed by atoms with Crippen LogP contribution in [0.15, 0.2) is 47.6 Å². The molecular weight excluding hydrogens is 409 g/mol. The van der Waals surface area contributed by atoms with Gasteiger partial charge >= 0.3 is 6.18 Å². The van der Waals surface area contributed by atoms with Crippen LogP contribution >= 0.6 is 12.2 Å². The summed E-state index contributed by atoms with van der Waals surface area (Å²) in [5.41, 5.74) is 7.53. The Balaban J connectivity index is 1.97. The molecular formula is C18H17F3N4O3S. The van der Waals surface area contributed by atoms with E-state index in [2.05, 4.69) is 15.8 Å². The van der Waals surface area contributed by atoms with Gasteiger partial charge < -0.3 is 20.5 Å². The first-order valence-corrected chi connectivity index (χ1v) is 8.46. The second-order valence-electron chi connectivity index (χ2n) is 5.57. The van der Waals surface area contributed by atoms with Gasteiger partial charge in [-0.05, 0) is 54.2 Å². The monoisotopic (exact) mass is 426 g/mol. The molecule has 2 aromatic rings. The van der Waals surface area contributed by atoms with Crippen LogP contribution in [0.4, 0.5) is 18.9 Å². The third kappa shape index (κ3) is 6.96. The van der Waals surface area contributed by atoms with Gasteiger partial charge in [0, 0.05) is 5.69 Å². The molecule has 0 spiro atoms. The molecule has 0 aromatic heterocycles. The van der Waals surface area contributed by atoms with Crippen molar-refractivity contribution < 1.29 is 27.4 Å². The molecule has 0 bridgehead atoms. The topological polar surface area (TPSA) is 98.0 Å². The summed E-state index contributed by atoms with van der Waals surface area (Å²) >= 11 is 5.01. The number of hydrogen-bond acceptors (Lipinski definition) is 5. The van der Waals surface area contributed by atoms with Crippen LogP contribution in [0.2, 0.25) is 0 Å². The lowest BCUT2D eigenvalue weighted by atomic mass is 10.2. The van der Waals surface area contributed by atoms with Crippen molar-refractivity contribution in [3.05, 3.63) is 53.6 Å². The zero-order valence-corrected chi connectivity index (χ0v) is 15.9. The van der Waals surface area contributed by atoms with Crippen LogP contribution < -0.4 is 25.9 Å². The van der Waals surface area contributed by atoms with Crippen LogP contribution in [-0.2, 0) is 11.0 Å². The summed E-state index contributed by atoms with van der Waals surface area (Å²) < 4.78 is 48.6. The Bertz CT molecular complexity index is 919. The smallest absolute Gasteiger partial charge is 0.416 e. The Labute approximate surface area is 169 Å². The number of alkyl halides is 3. The predicted octanol–water partition coefficient (Wildman–Crippen LogP) is 2.90. The van der Waals surface area contributed by atoms with Crippen LogP contribution in [0.5, 0.6) is 11.5 Å². The van der Waals surface area contributed by atoms with E-state index in [0.717, 1.165) is 12.1 Å². The number of ether oxygens (including phenoxy) is 2. The Kier molecular flexibility index (Phi) is 7.37. The van der Waals surface area contributed by atoms with Crippen LogP contribution in [-0.4, -0.2) is 31.0 Å². The Morgan fingerprint density at radius 2 is 2.00 bits per heavy atom. The number of nitrogens with one attached hydrogen (secondary N) is 2. The highest BCUT2D eigenvalue weighted by molar-refractivity contribution is 7.80. The van der Waals surface area contributed by atoms with E-state index in [1.165, 1.54) is 25.5 Å². The number of nitrogens with two attached hydrogens (primary N) is 1. The number of primary amides is 1. The molecule has 1 amide bonds. The number of hydrazone groups is 1. The number of nitrogens with zero attached hydrogens (tertiary/aromatic N) is 1. The first kappa shape index (κ1) is 22.0. The van der Waals surface area contributed by atoms with E-state index in [1.807, 2.05) is 0 Å². The quantitative estimate of drug-likeness (QED) is 0.358. The van der Waals surface area contributed by atoms with Crippen molar-refractivity contribution in [1.82, 2.24) is 5.43 Å². The van der Waals surface area contributed by atoms with E-state index in [1.54, 1.807) is 18.2 Å². The third-order valence-electron chi connectivity index (χ3n) is 3.39. The van der Waals surface area contributed by atoms with Crippen molar-refractivity contribution in [2.75, 3.05) is 19.0 Å². The average Bonchev–Trinajstić information content (AvgIpc) is 2.66. The number of thiocarbonyl (C=S) groups is 1. The standard InChI is InChI=1S/C18H17F3N4O3S/c1-27-15-7-11(5-6-14(15)28-10-16(22)26)9-23-25-17(29)24-13-4-2-3-12(8-13)18(19,20)21/h2-9H,10H2,1H3,(H2,22,26)(H2,24,25,29)/b23-9+. The van der Waals surface area contributed by atoms with Crippen LogP contribution in [0.1, 0.15) is 11.1 Å². The summed E-state index contributed by atoms with van der Waals surface area (Å²) in [4.78, 5) is 10.8. The Morgan fingerprint density at radius 1 is 1.24 bits per heavy atom. The molecule has 0 saturated heterocycles. The first-order chi connectivity index (χ1) is 13.7. The van der Waals surface area contributed by atoms with E-state index in [-0.39, 0.29) is 17.4 Å². The number of anilines is 1. The number of carbonyl (C=O) groups is 1. The molecule has 4 N–H and O–H groups in total. The Morgan fingerprint density at radius 3 is 2.66 bits per heavy atom. The maximum atomic E-state index is 12.7. The van der Waals surface area contributed by atoms with Crippen molar-refractivity contribution >= 4 is 35.1 Å². The largest absolute Gasteiger partial charge is 0.493 e. The number of benzene rings is 2. The molecule has 0 saturated carbocycles. The summed E-state index contributed by atoms with van der Waals surface area (Å²) in [6.45, 7) is -0.291. The highest BCUT2D eigenvalue weighted by Gasteiger charge is 2.30. The minimum absolute atomic E-state index is 0.00829. The van der Waals surface area contributed by atoms with Gasteiger partial charge in [-0.1, -0.05) is 6.07 Å². The molecule has 0 unspecified atom stereocenters. The minimum Gasteiger partial charge on any atom is -0.493 e. The van der Waals surface area contributed by atoms with Gasteiger partial charge in [0.2, 0.25) is 0 Å². The molecule has 0 aliphatic carbocycles. The van der Waals surface area contributed by atoms with Crippen molar-refractivity contribution in [3.63, 3.8) is 0 Å². The van der Waals surface area contributed by atoms with Crippen LogP contribution in [0.25, 0.3) is 0 Å². The molecule has 0 fully saturated rings. The van der Waals surface area contributed by atoms with E-state index in [0.29, 0.717) is 17.1 Å². The summed E-state index contributed by atoms with van der Waals surface area (Å²) in [7, 11) is 1.43. The summed E-state index contributed by atoms with van der Waals surface area (Å²) in [6, 6.07) is 9.44. The minimum atomic E-state index is -4.45. The molecule has 0 aliphatic rings. The fourth-order valence-electron chi connectivity index (χ4n) is 2.13. The number of halogens is 3. The summed E-state index contributed by atoms with van der Waals surface area (Å²) in [5, 5.41) is 6.54. The van der Waals surface area contributed by atoms with Gasteiger partial charge in [-0.2, -0.15) is 18.3 Å². The fourth-order valence-corrected chi connectivity index (χ4v) is 2.30. The number of carbonyl (C=O) groups excluding carboxylic acids is 1. The molecule has 2 aromatic carbocycles. The summed E-state index contributed by atoms with van der Waals surface area (Å²) in [6.07, 6.45) is -3.03. The third-order valence-corrected chi connectivity index (χ3v) is 3.58. The van der Waals surface area contributed by atoms with Gasteiger partial charge in [0.05, 0.1) is 18.9 Å². The molecule has 0 aliphatic heterocycles. The lowest BCUT2D eigenvalue weighted by Crippen LogP contribution is -2.24. The van der Waals surface area contributed by atoms with E-state index >= 15 is 0 Å². The van der Waals surface area contributed by atoms with E-state index in [9.17, 15) is 18.0 Å². The van der Waals surface area contributed by atoms with Crippen LogP contribution in [0, 0.1) is 0 Å². The van der Waals surface area contributed by atoms with Gasteiger partial charge in [0.25, 0.3) is 5.91 Å². The molecule has 29 heavy (non-hydrogen) atoms. The number of hydrogen-bond donors (Lipinski definition) is 3. The maximum Gasteiger partial charge on any atom is 0.416 e. The highest BCUT2D eigenvalue weighted by Crippen LogP contribution is 2.30. The van der Waals surface area contributed by atoms with Gasteiger partial charge in [0.1, 0.15) is 0 Å². The second-order valence-corrected chi connectivity index (χ2v) is 5.98. The van der Waals surface area contributed by atoms with Crippen molar-refractivity contribution in [3.8, 4) is 11.5 Å². The molecule has 11 heteroatoms. The molecule has 7 nitrogen and oxygen atoms in total. The van der Waals surface area contributed by atoms with E-state index < -0.39 is 17.6 Å². The lowest BCUT2D eigenvalue weighted by Gasteiger charge is -2.11. The lowest BCUT2D eigenvalue weighted by molar-refractivity contribution is -0.137. The highest BCUT2D eigenvalue weighted by atomic mass is 32.1. The molecule has 0 heterocycles.